The van der Waals surface area contributed by atoms with E-state index in [1.54, 1.807) is 36.4 Å². The largest absolute Gasteiger partial charge is 0.508 e. The number of carbonyl (C=O) groups excluding carboxylic acids is 1. The Morgan fingerprint density at radius 1 is 1.03 bits per heavy atom. The fraction of sp³-hybridized carbons (Fsp3) is 0.419. The number of aromatic amines is 1. The van der Waals surface area contributed by atoms with Crippen LogP contribution >= 0.6 is 0 Å². The number of rotatable bonds is 5. The normalized spacial score (nSPS) is 24.0. The molecule has 37 heavy (non-hydrogen) atoms. The van der Waals surface area contributed by atoms with E-state index >= 15 is 0 Å². The van der Waals surface area contributed by atoms with Crippen LogP contribution in [-0.4, -0.2) is 50.6 Å². The molecule has 0 amide bonds. The van der Waals surface area contributed by atoms with Crippen molar-refractivity contribution < 1.29 is 15.0 Å². The fourth-order valence-corrected chi connectivity index (χ4v) is 6.34. The van der Waals surface area contributed by atoms with Crippen LogP contribution in [0.15, 0.2) is 59.4 Å². The zero-order chi connectivity index (χ0) is 25.6. The lowest BCUT2D eigenvalue weighted by Gasteiger charge is -2.46. The Kier molecular flexibility index (Phi) is 6.25. The number of nitrogens with one attached hydrogen (secondary N) is 1. The lowest BCUT2D eigenvalue weighted by Crippen LogP contribution is -2.58. The van der Waals surface area contributed by atoms with Crippen LogP contribution < -0.4 is 5.56 Å². The van der Waals surface area contributed by atoms with Crippen LogP contribution in [0.3, 0.4) is 0 Å². The van der Waals surface area contributed by atoms with Gasteiger partial charge in [-0.15, -0.1) is 0 Å². The predicted molar refractivity (Wildman–Crippen MR) is 142 cm³/mol. The number of aromatic nitrogens is 1. The Morgan fingerprint density at radius 3 is 2.62 bits per heavy atom. The molecule has 0 saturated heterocycles. The van der Waals surface area contributed by atoms with Crippen LogP contribution in [0.4, 0.5) is 0 Å². The molecule has 2 aromatic carbocycles. The van der Waals surface area contributed by atoms with Crippen molar-refractivity contribution in [2.45, 2.75) is 63.0 Å². The smallest absolute Gasteiger partial charge is 0.259 e. The van der Waals surface area contributed by atoms with E-state index in [0.29, 0.717) is 37.2 Å². The zero-order valence-electron chi connectivity index (χ0n) is 21.1. The monoisotopic (exact) mass is 498 g/mol. The number of hydrogen-bond acceptors (Lipinski definition) is 5. The van der Waals surface area contributed by atoms with Crippen molar-refractivity contribution in [2.24, 2.45) is 5.92 Å². The molecular formula is C31H34N2O4. The van der Waals surface area contributed by atoms with Crippen LogP contribution in [0.5, 0.6) is 5.75 Å². The third-order valence-corrected chi connectivity index (χ3v) is 8.55. The molecule has 2 aliphatic carbocycles. The summed E-state index contributed by atoms with van der Waals surface area (Å²) in [5.41, 5.74) is 3.28. The van der Waals surface area contributed by atoms with E-state index in [9.17, 15) is 19.8 Å². The number of phenolic OH excluding ortho intramolecular Hbond substituents is 1. The molecule has 192 valence electrons. The van der Waals surface area contributed by atoms with Gasteiger partial charge in [-0.25, -0.2) is 0 Å². The van der Waals surface area contributed by atoms with Crippen molar-refractivity contribution in [3.05, 3.63) is 98.5 Å². The number of aliphatic hydroxyl groups is 1. The first-order valence-corrected chi connectivity index (χ1v) is 13.5. The van der Waals surface area contributed by atoms with Crippen molar-refractivity contribution in [1.82, 2.24) is 9.88 Å². The second kappa shape index (κ2) is 9.58. The van der Waals surface area contributed by atoms with Crippen molar-refractivity contribution >= 4 is 5.78 Å². The van der Waals surface area contributed by atoms with Gasteiger partial charge in [0.15, 0.2) is 5.78 Å². The number of fused-ring (bicyclic) bond motifs is 2. The molecule has 2 heterocycles. The summed E-state index contributed by atoms with van der Waals surface area (Å²) in [4.78, 5) is 31.4. The average molecular weight is 499 g/mol. The quantitative estimate of drug-likeness (QED) is 0.466. The molecule has 1 fully saturated rings. The molecule has 0 radical (unpaired) electrons. The van der Waals surface area contributed by atoms with E-state index in [0.717, 1.165) is 42.8 Å². The number of hydrogen-bond donors (Lipinski definition) is 3. The number of pyridine rings is 1. The molecule has 0 bridgehead atoms. The summed E-state index contributed by atoms with van der Waals surface area (Å²) in [6, 6.07) is 16.1. The number of H-pyrrole nitrogens is 1. The Balaban J connectivity index is 1.35. The highest BCUT2D eigenvalue weighted by molar-refractivity contribution is 6.08. The van der Waals surface area contributed by atoms with Crippen LogP contribution in [0.1, 0.15) is 64.0 Å². The molecular weight excluding hydrogens is 464 g/mol. The first kappa shape index (κ1) is 24.1. The Labute approximate surface area is 217 Å². The van der Waals surface area contributed by atoms with Gasteiger partial charge in [-0.05, 0) is 92.3 Å². The lowest BCUT2D eigenvalue weighted by atomic mass is 9.74. The highest BCUT2D eigenvalue weighted by Gasteiger charge is 2.44. The summed E-state index contributed by atoms with van der Waals surface area (Å²) < 4.78 is 0. The minimum absolute atomic E-state index is 0.0787. The van der Waals surface area contributed by atoms with Gasteiger partial charge in [0, 0.05) is 30.3 Å². The highest BCUT2D eigenvalue weighted by atomic mass is 16.3. The molecule has 3 aliphatic rings. The number of ketones is 1. The van der Waals surface area contributed by atoms with Crippen LogP contribution in [0.25, 0.3) is 0 Å². The molecule has 6 rings (SSSR count). The summed E-state index contributed by atoms with van der Waals surface area (Å²) >= 11 is 0. The van der Waals surface area contributed by atoms with E-state index in [-0.39, 0.29) is 28.7 Å². The standard InChI is InChI=1S/C31H34N2O4/c34-25-11-10-23-17-28(33(19-20-8-9-20)14-4-7-22(23)15-25)31(37)13-12-27-24(18-31)16-26(30(36)32-27)29(35)21-5-2-1-3-6-21/h1-3,5-6,10-11,15-16,20,28,34,37H,4,7-9,12-14,17-19H2,(H,32,36)/t28-,31-/m1/s1. The van der Waals surface area contributed by atoms with E-state index in [2.05, 4.69) is 9.88 Å². The van der Waals surface area contributed by atoms with Gasteiger partial charge < -0.3 is 15.2 Å². The maximum Gasteiger partial charge on any atom is 0.259 e. The van der Waals surface area contributed by atoms with Gasteiger partial charge in [-0.2, -0.15) is 0 Å². The molecule has 6 nitrogen and oxygen atoms in total. The van der Waals surface area contributed by atoms with Crippen molar-refractivity contribution in [2.75, 3.05) is 13.1 Å². The maximum atomic E-state index is 13.1. The van der Waals surface area contributed by atoms with Crippen LogP contribution in [0.2, 0.25) is 0 Å². The molecule has 2 atom stereocenters. The number of nitrogens with zero attached hydrogens (tertiary/aromatic N) is 1. The van der Waals surface area contributed by atoms with Crippen LogP contribution in [-0.2, 0) is 25.7 Å². The Bertz CT molecular complexity index is 1380. The Hall–Kier alpha value is -3.22. The van der Waals surface area contributed by atoms with Crippen molar-refractivity contribution in [1.29, 1.82) is 0 Å². The number of phenols is 1. The summed E-state index contributed by atoms with van der Waals surface area (Å²) in [6.45, 7) is 1.91. The number of benzene rings is 2. The molecule has 6 heteroatoms. The zero-order valence-corrected chi connectivity index (χ0v) is 21.1. The Morgan fingerprint density at radius 2 is 1.84 bits per heavy atom. The van der Waals surface area contributed by atoms with E-state index in [1.807, 2.05) is 18.2 Å². The van der Waals surface area contributed by atoms with Gasteiger partial charge in [0.2, 0.25) is 0 Å². The van der Waals surface area contributed by atoms with Gasteiger partial charge in [0.25, 0.3) is 5.56 Å². The molecule has 0 spiro atoms. The fourth-order valence-electron chi connectivity index (χ4n) is 6.34. The third-order valence-electron chi connectivity index (χ3n) is 8.55. The molecule has 0 unspecified atom stereocenters. The predicted octanol–water partition coefficient (Wildman–Crippen LogP) is 3.80. The summed E-state index contributed by atoms with van der Waals surface area (Å²) in [7, 11) is 0. The van der Waals surface area contributed by atoms with E-state index < -0.39 is 5.60 Å². The van der Waals surface area contributed by atoms with E-state index in [1.165, 1.54) is 18.4 Å². The van der Waals surface area contributed by atoms with E-state index in [4.69, 9.17) is 0 Å². The first-order chi connectivity index (χ1) is 17.9. The summed E-state index contributed by atoms with van der Waals surface area (Å²) in [5, 5.41) is 22.4. The van der Waals surface area contributed by atoms with Gasteiger partial charge >= 0.3 is 0 Å². The third kappa shape index (κ3) is 4.88. The highest BCUT2D eigenvalue weighted by Crippen LogP contribution is 2.38. The summed E-state index contributed by atoms with van der Waals surface area (Å²) in [5.74, 6) is 0.691. The molecule has 1 aliphatic heterocycles. The maximum absolute atomic E-state index is 13.1. The molecule has 1 saturated carbocycles. The SMILES string of the molecule is O=C(c1ccccc1)c1cc2c([nH]c1=O)CC[C@](O)([C@H]1Cc3ccc(O)cc3CCCN1CC1CC1)C2. The average Bonchev–Trinajstić information content (AvgIpc) is 3.71. The summed E-state index contributed by atoms with van der Waals surface area (Å²) in [6.07, 6.45) is 6.64. The lowest BCUT2D eigenvalue weighted by molar-refractivity contribution is -0.0606. The molecule has 3 aromatic rings. The van der Waals surface area contributed by atoms with Gasteiger partial charge in [0.05, 0.1) is 11.2 Å². The van der Waals surface area contributed by atoms with Gasteiger partial charge in [-0.3, -0.25) is 14.5 Å². The minimum atomic E-state index is -0.986. The topological polar surface area (TPSA) is 93.6 Å². The second-order valence-corrected chi connectivity index (χ2v) is 11.2. The van der Waals surface area contributed by atoms with Crippen LogP contribution in [0, 0.1) is 5.92 Å². The van der Waals surface area contributed by atoms with Gasteiger partial charge in [0.1, 0.15) is 5.75 Å². The number of aryl methyl sites for hydroxylation is 2. The molecule has 3 N–H and O–H groups in total. The minimum Gasteiger partial charge on any atom is -0.508 e. The van der Waals surface area contributed by atoms with Crippen molar-refractivity contribution in [3.63, 3.8) is 0 Å². The van der Waals surface area contributed by atoms with Crippen molar-refractivity contribution in [3.8, 4) is 5.75 Å². The molecule has 1 aromatic heterocycles. The number of aromatic hydroxyl groups is 1. The second-order valence-electron chi connectivity index (χ2n) is 11.2. The van der Waals surface area contributed by atoms with Gasteiger partial charge in [-0.1, -0.05) is 36.4 Å². The number of carbonyl (C=O) groups is 1. The first-order valence-electron chi connectivity index (χ1n) is 13.5.